The monoisotopic (exact) mass is 368 g/mol. The summed E-state index contributed by atoms with van der Waals surface area (Å²) in [7, 11) is 0. The maximum atomic E-state index is 14.1. The first-order chi connectivity index (χ1) is 11.0. The Kier molecular flexibility index (Phi) is 6.03. The van der Waals surface area contributed by atoms with E-state index in [0.717, 1.165) is 0 Å². The largest absolute Gasteiger partial charge is 0.445 e. The molecule has 0 amide bonds. The van der Waals surface area contributed by atoms with E-state index in [1.807, 2.05) is 0 Å². The van der Waals surface area contributed by atoms with Crippen molar-refractivity contribution in [3.8, 4) is 0 Å². The van der Waals surface area contributed by atoms with Crippen LogP contribution in [-0.2, 0) is 4.74 Å². The smallest absolute Gasteiger partial charge is 0.332 e. The maximum absolute atomic E-state index is 14.1. The molecule has 0 aliphatic heterocycles. The molecule has 0 radical (unpaired) electrons. The highest BCUT2D eigenvalue weighted by Gasteiger charge is 2.51. The quantitative estimate of drug-likeness (QED) is 0.635. The number of hydrogen-bond donors (Lipinski definition) is 0. The van der Waals surface area contributed by atoms with E-state index in [4.69, 9.17) is 0 Å². The highest BCUT2D eigenvalue weighted by atomic mass is 19.4. The molecule has 5 unspecified atom stereocenters. The van der Waals surface area contributed by atoms with E-state index < -0.39 is 68.0 Å². The van der Waals surface area contributed by atoms with Gasteiger partial charge in [-0.25, -0.2) is 22.0 Å². The molecule has 2 rings (SSSR count). The minimum Gasteiger partial charge on any atom is -0.332 e. The summed E-state index contributed by atoms with van der Waals surface area (Å²) in [5, 5.41) is 0. The van der Waals surface area contributed by atoms with Crippen LogP contribution in [0.25, 0.3) is 0 Å². The summed E-state index contributed by atoms with van der Waals surface area (Å²) in [5.41, 5.74) is 0. The topological polar surface area (TPSA) is 9.23 Å². The molecule has 0 aromatic rings. The third kappa shape index (κ3) is 4.32. The van der Waals surface area contributed by atoms with Gasteiger partial charge in [-0.2, -0.15) is 13.2 Å². The van der Waals surface area contributed by atoms with Gasteiger partial charge < -0.3 is 4.74 Å². The van der Waals surface area contributed by atoms with Gasteiger partial charge in [0.05, 0.1) is 0 Å². The van der Waals surface area contributed by atoms with Gasteiger partial charge in [0, 0.05) is 5.92 Å². The molecule has 24 heavy (non-hydrogen) atoms. The lowest BCUT2D eigenvalue weighted by Crippen LogP contribution is -2.50. The van der Waals surface area contributed by atoms with Crippen molar-refractivity contribution in [1.82, 2.24) is 0 Å². The Balaban J connectivity index is 2.02. The van der Waals surface area contributed by atoms with Crippen LogP contribution in [0, 0.1) is 17.8 Å². The summed E-state index contributed by atoms with van der Waals surface area (Å²) in [6, 6.07) is 0. The van der Waals surface area contributed by atoms with Crippen molar-refractivity contribution >= 4 is 0 Å². The van der Waals surface area contributed by atoms with Crippen LogP contribution >= 0.6 is 0 Å². The molecule has 0 aromatic heterocycles. The third-order valence-corrected chi connectivity index (χ3v) is 4.94. The van der Waals surface area contributed by atoms with E-state index >= 15 is 0 Å². The molecule has 2 aliphatic carbocycles. The Bertz CT molecular complexity index is 393. The lowest BCUT2D eigenvalue weighted by atomic mass is 9.68. The number of hydrogen-bond acceptors (Lipinski definition) is 1. The fourth-order valence-electron chi connectivity index (χ4n) is 3.87. The van der Waals surface area contributed by atoms with E-state index in [2.05, 4.69) is 4.74 Å². The summed E-state index contributed by atoms with van der Waals surface area (Å²) in [6.45, 7) is 1.68. The van der Waals surface area contributed by atoms with Crippen molar-refractivity contribution in [1.29, 1.82) is 0 Å². The van der Waals surface area contributed by atoms with Gasteiger partial charge in [0.15, 0.2) is 0 Å². The van der Waals surface area contributed by atoms with Gasteiger partial charge in [-0.05, 0) is 37.5 Å². The van der Waals surface area contributed by atoms with Gasteiger partial charge in [0.2, 0.25) is 0 Å². The summed E-state index contributed by atoms with van der Waals surface area (Å²) < 4.78 is 109. The fraction of sp³-hybridized carbons (Fsp3) is 1.00. The zero-order valence-corrected chi connectivity index (χ0v) is 13.0. The average molecular weight is 368 g/mol. The predicted molar refractivity (Wildman–Crippen MR) is 70.0 cm³/mol. The number of rotatable bonds is 3. The van der Waals surface area contributed by atoms with E-state index in [9.17, 15) is 35.1 Å². The first-order valence-corrected chi connectivity index (χ1v) is 7.93. The lowest BCUT2D eigenvalue weighted by molar-refractivity contribution is -0.292. The maximum Gasteiger partial charge on any atom is 0.445 e. The van der Waals surface area contributed by atoms with Crippen LogP contribution < -0.4 is 0 Å². The second-order valence-corrected chi connectivity index (χ2v) is 6.91. The minimum atomic E-state index is -5.39. The van der Waals surface area contributed by atoms with Gasteiger partial charge in [0.25, 0.3) is 6.36 Å². The minimum absolute atomic E-state index is 0.0794. The Morgan fingerprint density at radius 2 is 1.29 bits per heavy atom. The second kappa shape index (κ2) is 7.33. The van der Waals surface area contributed by atoms with E-state index in [1.165, 1.54) is 0 Å². The summed E-state index contributed by atoms with van der Waals surface area (Å²) >= 11 is 0. The Labute approximate surface area is 134 Å². The zero-order chi connectivity index (χ0) is 18.2. The van der Waals surface area contributed by atoms with E-state index in [1.54, 1.807) is 6.92 Å². The molecule has 0 N–H and O–H groups in total. The lowest BCUT2D eigenvalue weighted by Gasteiger charge is -2.43. The van der Waals surface area contributed by atoms with Crippen LogP contribution in [0.5, 0.6) is 0 Å². The standard InChI is InChI=1S/C15H20F8O/c1-6-2-8(16)12(9(17)3-6)7-4-10(18)13(11(19)5-7)24-14(20)15(21,22)23/h6-14H,2-5H2,1H3. The molecule has 2 aliphatic rings. The molecule has 1 nitrogen and oxygen atoms in total. The van der Waals surface area contributed by atoms with Crippen molar-refractivity contribution in [3.05, 3.63) is 0 Å². The third-order valence-electron chi connectivity index (χ3n) is 4.94. The van der Waals surface area contributed by atoms with Crippen LogP contribution in [0.2, 0.25) is 0 Å². The fourth-order valence-corrected chi connectivity index (χ4v) is 3.87. The van der Waals surface area contributed by atoms with Crippen LogP contribution in [0.4, 0.5) is 35.1 Å². The Morgan fingerprint density at radius 3 is 1.71 bits per heavy atom. The van der Waals surface area contributed by atoms with Gasteiger partial charge in [-0.15, -0.1) is 0 Å². The highest BCUT2D eigenvalue weighted by molar-refractivity contribution is 4.96. The summed E-state index contributed by atoms with van der Waals surface area (Å²) in [6.07, 6.45) is -20.0. The number of ether oxygens (including phenoxy) is 1. The molecular weight excluding hydrogens is 348 g/mol. The molecule has 142 valence electrons. The molecule has 0 aromatic carbocycles. The van der Waals surface area contributed by atoms with Crippen molar-refractivity contribution in [3.63, 3.8) is 0 Å². The molecule has 0 bridgehead atoms. The Morgan fingerprint density at radius 1 is 0.833 bits per heavy atom. The van der Waals surface area contributed by atoms with Gasteiger partial charge in [-0.1, -0.05) is 6.92 Å². The van der Waals surface area contributed by atoms with Crippen molar-refractivity contribution in [2.45, 2.75) is 75.9 Å². The van der Waals surface area contributed by atoms with Crippen LogP contribution in [-0.4, -0.2) is 43.3 Å². The summed E-state index contributed by atoms with van der Waals surface area (Å²) in [4.78, 5) is 0. The highest BCUT2D eigenvalue weighted by Crippen LogP contribution is 2.45. The molecule has 0 heterocycles. The molecule has 9 heteroatoms. The molecule has 5 atom stereocenters. The van der Waals surface area contributed by atoms with Crippen molar-refractivity contribution < 1.29 is 39.9 Å². The van der Waals surface area contributed by atoms with Crippen LogP contribution in [0.3, 0.4) is 0 Å². The van der Waals surface area contributed by atoms with Crippen molar-refractivity contribution in [2.24, 2.45) is 17.8 Å². The first-order valence-electron chi connectivity index (χ1n) is 7.93. The zero-order valence-electron chi connectivity index (χ0n) is 13.0. The molecule has 2 saturated carbocycles. The normalized spacial score (nSPS) is 45.9. The van der Waals surface area contributed by atoms with Crippen LogP contribution in [0.1, 0.15) is 32.6 Å². The molecule has 0 saturated heterocycles. The van der Waals surface area contributed by atoms with Crippen molar-refractivity contribution in [2.75, 3.05) is 0 Å². The first kappa shape index (κ1) is 19.7. The number of halogens is 8. The summed E-state index contributed by atoms with van der Waals surface area (Å²) in [5.74, 6) is -2.37. The molecular formula is C15H20F8O. The second-order valence-electron chi connectivity index (χ2n) is 6.91. The van der Waals surface area contributed by atoms with Gasteiger partial charge in [0.1, 0.15) is 30.8 Å². The van der Waals surface area contributed by atoms with Gasteiger partial charge >= 0.3 is 6.18 Å². The van der Waals surface area contributed by atoms with Gasteiger partial charge in [-0.3, -0.25) is 0 Å². The van der Waals surface area contributed by atoms with E-state index in [-0.39, 0.29) is 18.8 Å². The Hall–Kier alpha value is -0.600. The van der Waals surface area contributed by atoms with Crippen LogP contribution in [0.15, 0.2) is 0 Å². The molecule has 2 fully saturated rings. The molecule has 0 spiro atoms. The SMILES string of the molecule is CC1CC(F)C(C2CC(F)C(OC(F)C(F)(F)F)C(F)C2)C(F)C1. The number of alkyl halides is 8. The van der Waals surface area contributed by atoms with E-state index in [0.29, 0.717) is 0 Å². The average Bonchev–Trinajstić information content (AvgIpc) is 2.40. The predicted octanol–water partition coefficient (Wildman–Crippen LogP) is 5.04.